The lowest BCUT2D eigenvalue weighted by Gasteiger charge is -2.39. The highest BCUT2D eigenvalue weighted by Gasteiger charge is 2.25. The molecule has 0 spiro atoms. The van der Waals surface area contributed by atoms with E-state index in [9.17, 15) is 0 Å². The van der Waals surface area contributed by atoms with Gasteiger partial charge in [0.05, 0.1) is 52.4 Å². The zero-order chi connectivity index (χ0) is 33.1. The summed E-state index contributed by atoms with van der Waals surface area (Å²) in [5, 5.41) is 17.8. The first-order chi connectivity index (χ1) is 19.9. The molecule has 12 heteroatoms. The Hall–Kier alpha value is -1.38. The number of aliphatic carboxylic acids is 2. The number of rotatable bonds is 24. The second-order valence-corrected chi connectivity index (χ2v) is 12.3. The maximum absolute atomic E-state index is 8.89. The van der Waals surface area contributed by atoms with Crippen LogP contribution in [-0.2, 0) is 9.59 Å². The van der Waals surface area contributed by atoms with Crippen LogP contribution in [0, 0.1) is 0 Å². The topological polar surface area (TPSA) is 269 Å². The van der Waals surface area contributed by atoms with Gasteiger partial charge in [0, 0.05) is 11.9 Å². The first-order valence-electron chi connectivity index (χ1n) is 18.0. The fraction of sp³-hybridized carbons (Fsp3) is 0.944. The van der Waals surface area contributed by atoms with Crippen molar-refractivity contribution >= 4 is 11.9 Å². The maximum Gasteiger partial charge on any atom is 0.0786 e. The number of carboxylic acid groups (broad SMARTS) is 2. The normalized spacial score (nSPS) is 9.54. The lowest BCUT2D eigenvalue weighted by Crippen LogP contribution is -2.50. The van der Waals surface area contributed by atoms with E-state index in [0.717, 1.165) is 13.8 Å². The molecule has 0 aromatic carbocycles. The molecule has 0 aliphatic carbocycles. The molecule has 304 valence electrons. The molecule has 0 aliphatic rings. The fourth-order valence-corrected chi connectivity index (χ4v) is 5.29. The van der Waals surface area contributed by atoms with Gasteiger partial charge in [-0.2, -0.15) is 0 Å². The highest BCUT2D eigenvalue weighted by molar-refractivity contribution is 5.60. The van der Waals surface area contributed by atoms with Gasteiger partial charge < -0.3 is 61.6 Å². The molecule has 0 aliphatic heterocycles. The van der Waals surface area contributed by atoms with E-state index in [2.05, 4.69) is 55.4 Å². The minimum Gasteiger partial charge on any atom is -0.550 e. The first-order valence-corrected chi connectivity index (χ1v) is 18.0. The van der Waals surface area contributed by atoms with Gasteiger partial charge in [-0.05, 0) is 65.2 Å². The van der Waals surface area contributed by atoms with Crippen LogP contribution in [0.2, 0.25) is 0 Å². The Balaban J connectivity index is -0.0000000555. The molecule has 0 heterocycles. The summed E-state index contributed by atoms with van der Waals surface area (Å²) in [6.07, 6.45) is 22.1. The summed E-state index contributed by atoms with van der Waals surface area (Å²) in [4.78, 5) is 17.8. The van der Waals surface area contributed by atoms with Crippen LogP contribution in [0.5, 0.6) is 0 Å². The van der Waals surface area contributed by atoms with E-state index in [-0.39, 0.29) is 32.9 Å². The van der Waals surface area contributed by atoms with Gasteiger partial charge in [-0.15, -0.1) is 0 Å². The van der Waals surface area contributed by atoms with Crippen molar-refractivity contribution in [1.29, 1.82) is 0 Å². The van der Waals surface area contributed by atoms with Crippen molar-refractivity contribution in [3.8, 4) is 0 Å². The number of carboxylic acids is 2. The second kappa shape index (κ2) is 55.0. The summed E-state index contributed by atoms with van der Waals surface area (Å²) in [7, 11) is 0. The Morgan fingerprint density at radius 2 is 0.417 bits per heavy atom. The summed E-state index contributed by atoms with van der Waals surface area (Å²) >= 11 is 0. The van der Waals surface area contributed by atoms with Crippen LogP contribution in [0.1, 0.15) is 172 Å². The first kappa shape index (κ1) is 72.4. The number of quaternary nitrogens is 2. The Morgan fingerprint density at radius 1 is 0.333 bits per heavy atom. The van der Waals surface area contributed by atoms with Crippen molar-refractivity contribution in [2.24, 2.45) is 0 Å². The third-order valence-corrected chi connectivity index (χ3v) is 7.89. The van der Waals surface area contributed by atoms with Crippen molar-refractivity contribution in [3.63, 3.8) is 0 Å². The van der Waals surface area contributed by atoms with Crippen molar-refractivity contribution in [2.75, 3.05) is 52.4 Å². The molecule has 0 saturated heterocycles. The molecule has 0 unspecified atom stereocenters. The van der Waals surface area contributed by atoms with Crippen LogP contribution in [0.25, 0.3) is 0 Å². The Morgan fingerprint density at radius 3 is 0.479 bits per heavy atom. The van der Waals surface area contributed by atoms with Crippen LogP contribution in [-0.4, -0.2) is 106 Å². The van der Waals surface area contributed by atoms with E-state index >= 15 is 0 Å². The van der Waals surface area contributed by atoms with Crippen LogP contribution in [0.15, 0.2) is 0 Å². The molecule has 0 amide bonds. The lowest BCUT2D eigenvalue weighted by molar-refractivity contribution is -0.929. The van der Waals surface area contributed by atoms with E-state index < -0.39 is 11.9 Å². The minimum atomic E-state index is -1.08. The molecule has 0 bridgehead atoms. The van der Waals surface area contributed by atoms with Gasteiger partial charge in [0.25, 0.3) is 0 Å². The Bertz CT molecular complexity index is 440. The molecule has 12 nitrogen and oxygen atoms in total. The number of carbonyl (C=O) groups is 2. The van der Waals surface area contributed by atoms with Crippen molar-refractivity contribution in [3.05, 3.63) is 0 Å². The van der Waals surface area contributed by atoms with Crippen molar-refractivity contribution in [1.82, 2.24) is 0 Å². The Kier molecular flexibility index (Phi) is 83.0. The van der Waals surface area contributed by atoms with Gasteiger partial charge in [0.1, 0.15) is 0 Å². The Labute approximate surface area is 297 Å². The molecule has 0 rings (SSSR count). The fourth-order valence-electron chi connectivity index (χ4n) is 5.29. The lowest BCUT2D eigenvalue weighted by atomic mass is 10.1. The van der Waals surface area contributed by atoms with Gasteiger partial charge in [-0.25, -0.2) is 0 Å². The molecule has 0 radical (unpaired) electrons. The quantitative estimate of drug-likeness (QED) is 0.137. The number of unbranched alkanes of at least 4 members (excludes halogenated alkanes) is 8. The van der Waals surface area contributed by atoms with E-state index in [4.69, 9.17) is 19.8 Å². The summed E-state index contributed by atoms with van der Waals surface area (Å²) in [6, 6.07) is 0. The summed E-state index contributed by atoms with van der Waals surface area (Å²) < 4.78 is 2.84. The predicted molar refractivity (Wildman–Crippen MR) is 202 cm³/mol. The summed E-state index contributed by atoms with van der Waals surface area (Å²) in [5.41, 5.74) is 0. The monoisotopic (exact) mass is 711 g/mol. The zero-order valence-corrected chi connectivity index (χ0v) is 33.5. The van der Waals surface area contributed by atoms with Gasteiger partial charge in [0.2, 0.25) is 0 Å². The second-order valence-electron chi connectivity index (χ2n) is 12.3. The number of nitrogens with zero attached hydrogens (tertiary/aromatic N) is 2. The van der Waals surface area contributed by atoms with E-state index in [0.29, 0.717) is 0 Å². The number of hydrogen-bond acceptors (Lipinski definition) is 4. The summed E-state index contributed by atoms with van der Waals surface area (Å²) in [5.74, 6) is -2.17. The predicted octanol–water partition coefficient (Wildman–Crippen LogP) is 2.57. The molecule has 0 saturated carbocycles. The number of hydrogen-bond donors (Lipinski definition) is 0. The molecule has 0 aromatic rings. The van der Waals surface area contributed by atoms with Crippen LogP contribution in [0.4, 0.5) is 0 Å². The number of carbonyl (C=O) groups excluding carboxylic acids is 2. The van der Waals surface area contributed by atoms with Crippen molar-refractivity contribution < 1.29 is 61.6 Å². The molecule has 48 heavy (non-hydrogen) atoms. The molecular weight excluding hydrogens is 620 g/mol. The summed E-state index contributed by atoms with van der Waals surface area (Å²) in [6.45, 7) is 32.0. The van der Waals surface area contributed by atoms with Crippen LogP contribution < -0.4 is 10.2 Å². The zero-order valence-electron chi connectivity index (χ0n) is 33.5. The van der Waals surface area contributed by atoms with Gasteiger partial charge in [-0.1, -0.05) is 107 Å². The van der Waals surface area contributed by atoms with Crippen LogP contribution in [0.3, 0.4) is 0 Å². The average Bonchev–Trinajstić information content (AvgIpc) is 2.95. The van der Waals surface area contributed by atoms with E-state index in [1.807, 2.05) is 0 Å². The third-order valence-electron chi connectivity index (χ3n) is 7.89. The van der Waals surface area contributed by atoms with Crippen molar-refractivity contribution in [2.45, 2.75) is 172 Å². The maximum atomic E-state index is 8.89. The standard InChI is InChI=1S/2C16H36N.2C2H4O2.6H2O/c2*1-5-9-13-17(14-10-6-2,15-11-7-3)16-12-8-4;2*1-2(3)4;;;;;;/h2*5-16H2,1-4H3;2*1H3,(H,3,4);6*1H2/q2*+1;;;;;;;;/p-2. The van der Waals surface area contributed by atoms with Gasteiger partial charge in [0.15, 0.2) is 0 Å². The molecule has 12 N–H and O–H groups in total. The SMILES string of the molecule is CC(=O)[O-].CC(=O)[O-].CCCC[N+](CCCC)(CCCC)CCCC.CCCC[N+](CCCC)(CCCC)CCCC.O.O.O.O.O.O. The molecule has 0 fully saturated rings. The minimum absolute atomic E-state index is 0. The largest absolute Gasteiger partial charge is 0.550 e. The molecule has 0 atom stereocenters. The molecular formula is C36H90N2O10. The molecule has 0 aromatic heterocycles. The van der Waals surface area contributed by atoms with Gasteiger partial charge in [-0.3, -0.25) is 0 Å². The highest BCUT2D eigenvalue weighted by atomic mass is 16.4. The third kappa shape index (κ3) is 56.9. The van der Waals surface area contributed by atoms with E-state index in [1.54, 1.807) is 0 Å². The van der Waals surface area contributed by atoms with Crippen LogP contribution >= 0.6 is 0 Å². The highest BCUT2D eigenvalue weighted by Crippen LogP contribution is 2.17. The average molecular weight is 711 g/mol. The smallest absolute Gasteiger partial charge is 0.0786 e. The van der Waals surface area contributed by atoms with Gasteiger partial charge >= 0.3 is 0 Å². The van der Waals surface area contributed by atoms with E-state index in [1.165, 1.54) is 164 Å².